The molecule has 0 spiro atoms. The summed E-state index contributed by atoms with van der Waals surface area (Å²) in [6.07, 6.45) is 0. The number of ether oxygens (including phenoxy) is 1. The summed E-state index contributed by atoms with van der Waals surface area (Å²) in [5.41, 5.74) is 0.0632. The van der Waals surface area contributed by atoms with E-state index in [1.54, 1.807) is 24.3 Å². The molecule has 2 aromatic rings. The number of hydrogen-bond donors (Lipinski definition) is 1. The highest BCUT2D eigenvalue weighted by Gasteiger charge is 2.17. The Labute approximate surface area is 128 Å². The molecule has 0 saturated heterocycles. The van der Waals surface area contributed by atoms with Gasteiger partial charge in [-0.2, -0.15) is 0 Å². The van der Waals surface area contributed by atoms with Crippen molar-refractivity contribution in [1.82, 2.24) is 0 Å². The number of carboxylic acid groups (broad SMARTS) is 1. The Bertz CT molecular complexity index is 685. The Hall–Kier alpha value is -1.85. The maximum atomic E-state index is 12.0. The molecule has 2 rings (SSSR count). The van der Waals surface area contributed by atoms with E-state index in [1.807, 2.05) is 0 Å². The van der Waals surface area contributed by atoms with Crippen molar-refractivity contribution >= 4 is 39.5 Å². The molecule has 0 unspecified atom stereocenters. The van der Waals surface area contributed by atoms with Crippen LogP contribution >= 0.6 is 27.5 Å². The zero-order chi connectivity index (χ0) is 14.7. The summed E-state index contributed by atoms with van der Waals surface area (Å²) < 4.78 is 5.68. The van der Waals surface area contributed by atoms with Crippen LogP contribution in [0.1, 0.15) is 20.7 Å². The van der Waals surface area contributed by atoms with Gasteiger partial charge in [-0.15, -0.1) is 0 Å². The van der Waals surface area contributed by atoms with Crippen LogP contribution in [0.2, 0.25) is 5.02 Å². The second-order valence-electron chi connectivity index (χ2n) is 3.81. The number of rotatable bonds is 3. The van der Waals surface area contributed by atoms with Crippen molar-refractivity contribution in [2.45, 2.75) is 0 Å². The van der Waals surface area contributed by atoms with Crippen LogP contribution in [0.25, 0.3) is 0 Å². The molecule has 0 aliphatic rings. The average molecular weight is 356 g/mol. The SMILES string of the molecule is O=C(Oc1ccc(Br)cc1C(=O)O)c1ccccc1Cl. The van der Waals surface area contributed by atoms with Gasteiger partial charge in [-0.3, -0.25) is 0 Å². The van der Waals surface area contributed by atoms with Crippen LogP contribution in [-0.4, -0.2) is 17.0 Å². The van der Waals surface area contributed by atoms with Crippen molar-refractivity contribution in [3.05, 3.63) is 63.1 Å². The highest BCUT2D eigenvalue weighted by atomic mass is 79.9. The minimum absolute atomic E-state index is 0.0365. The third kappa shape index (κ3) is 3.18. The van der Waals surface area contributed by atoms with Crippen LogP contribution in [0.15, 0.2) is 46.9 Å². The number of carboxylic acids is 1. The van der Waals surface area contributed by atoms with E-state index in [-0.39, 0.29) is 21.9 Å². The largest absolute Gasteiger partial charge is 0.478 e. The Morgan fingerprint density at radius 2 is 1.80 bits per heavy atom. The molecule has 4 nitrogen and oxygen atoms in total. The zero-order valence-corrected chi connectivity index (χ0v) is 12.3. The van der Waals surface area contributed by atoms with Crippen molar-refractivity contribution in [3.63, 3.8) is 0 Å². The van der Waals surface area contributed by atoms with Gasteiger partial charge >= 0.3 is 11.9 Å². The normalized spacial score (nSPS) is 10.1. The lowest BCUT2D eigenvalue weighted by Gasteiger charge is -2.08. The highest BCUT2D eigenvalue weighted by Crippen LogP contribution is 2.25. The van der Waals surface area contributed by atoms with Crippen LogP contribution in [0.3, 0.4) is 0 Å². The molecule has 0 heterocycles. The summed E-state index contributed by atoms with van der Waals surface area (Å²) in [6.45, 7) is 0. The molecule has 0 radical (unpaired) electrons. The Kier molecular flexibility index (Phi) is 4.42. The lowest BCUT2D eigenvalue weighted by atomic mass is 10.2. The second kappa shape index (κ2) is 6.07. The predicted octanol–water partition coefficient (Wildman–Crippen LogP) is 4.02. The molecular weight excluding hydrogens is 348 g/mol. The first kappa shape index (κ1) is 14.6. The number of hydrogen-bond acceptors (Lipinski definition) is 3. The first-order valence-electron chi connectivity index (χ1n) is 5.48. The standard InChI is InChI=1S/C14H8BrClO4/c15-8-5-6-12(10(7-8)13(17)18)20-14(19)9-3-1-2-4-11(9)16/h1-7H,(H,17,18). The summed E-state index contributed by atoms with van der Waals surface area (Å²) in [4.78, 5) is 23.1. The fraction of sp³-hybridized carbons (Fsp3) is 0. The molecule has 0 atom stereocenters. The van der Waals surface area contributed by atoms with Crippen LogP contribution < -0.4 is 4.74 Å². The minimum atomic E-state index is -1.19. The lowest BCUT2D eigenvalue weighted by Crippen LogP contribution is -2.12. The monoisotopic (exact) mass is 354 g/mol. The van der Waals surface area contributed by atoms with Gasteiger partial charge in [-0.25, -0.2) is 9.59 Å². The summed E-state index contributed by atoms with van der Waals surface area (Å²) in [7, 11) is 0. The third-order valence-corrected chi connectivity index (χ3v) is 3.29. The first-order valence-corrected chi connectivity index (χ1v) is 6.65. The minimum Gasteiger partial charge on any atom is -0.478 e. The molecule has 2 aromatic carbocycles. The van der Waals surface area contributed by atoms with E-state index in [1.165, 1.54) is 18.2 Å². The smallest absolute Gasteiger partial charge is 0.345 e. The molecule has 0 saturated carbocycles. The molecule has 0 aliphatic heterocycles. The van der Waals surface area contributed by atoms with Crippen molar-refractivity contribution in [1.29, 1.82) is 0 Å². The summed E-state index contributed by atoms with van der Waals surface area (Å²) in [5, 5.41) is 9.33. The topological polar surface area (TPSA) is 63.6 Å². The Morgan fingerprint density at radius 1 is 1.10 bits per heavy atom. The molecule has 20 heavy (non-hydrogen) atoms. The van der Waals surface area contributed by atoms with Gasteiger partial charge in [0, 0.05) is 4.47 Å². The number of benzene rings is 2. The van der Waals surface area contributed by atoms with Crippen LogP contribution in [-0.2, 0) is 0 Å². The van der Waals surface area contributed by atoms with Gasteiger partial charge < -0.3 is 9.84 Å². The number of carbonyl (C=O) groups excluding carboxylic acids is 1. The fourth-order valence-electron chi connectivity index (χ4n) is 1.54. The number of aromatic carboxylic acids is 1. The van der Waals surface area contributed by atoms with E-state index in [9.17, 15) is 9.59 Å². The average Bonchev–Trinajstić information content (AvgIpc) is 2.41. The molecule has 0 fully saturated rings. The molecule has 1 N–H and O–H groups in total. The van der Waals surface area contributed by atoms with E-state index in [2.05, 4.69) is 15.9 Å². The summed E-state index contributed by atoms with van der Waals surface area (Å²) in [6, 6.07) is 10.7. The van der Waals surface area contributed by atoms with E-state index in [0.29, 0.717) is 4.47 Å². The summed E-state index contributed by atoms with van der Waals surface area (Å²) >= 11 is 9.05. The molecule has 102 valence electrons. The van der Waals surface area contributed by atoms with E-state index in [0.717, 1.165) is 0 Å². The zero-order valence-electron chi connectivity index (χ0n) is 9.97. The Balaban J connectivity index is 2.33. The fourth-order valence-corrected chi connectivity index (χ4v) is 2.11. The van der Waals surface area contributed by atoms with Crippen LogP contribution in [0.4, 0.5) is 0 Å². The van der Waals surface area contributed by atoms with Gasteiger partial charge in [-0.05, 0) is 30.3 Å². The van der Waals surface area contributed by atoms with E-state index in [4.69, 9.17) is 21.4 Å². The van der Waals surface area contributed by atoms with E-state index >= 15 is 0 Å². The molecule has 0 amide bonds. The van der Waals surface area contributed by atoms with Crippen molar-refractivity contribution in [2.24, 2.45) is 0 Å². The van der Waals surface area contributed by atoms with Gasteiger partial charge in [0.15, 0.2) is 0 Å². The molecule has 6 heteroatoms. The molecule has 0 aromatic heterocycles. The van der Waals surface area contributed by atoms with Crippen LogP contribution in [0, 0.1) is 0 Å². The Morgan fingerprint density at radius 3 is 2.45 bits per heavy atom. The maximum Gasteiger partial charge on any atom is 0.345 e. The maximum absolute atomic E-state index is 12.0. The second-order valence-corrected chi connectivity index (χ2v) is 5.14. The third-order valence-electron chi connectivity index (χ3n) is 2.47. The van der Waals surface area contributed by atoms with Crippen molar-refractivity contribution in [3.8, 4) is 5.75 Å². The number of carbonyl (C=O) groups is 2. The number of halogens is 2. The van der Waals surface area contributed by atoms with E-state index < -0.39 is 11.9 Å². The van der Waals surface area contributed by atoms with Gasteiger partial charge in [0.2, 0.25) is 0 Å². The first-order chi connectivity index (χ1) is 9.49. The van der Waals surface area contributed by atoms with Crippen molar-refractivity contribution in [2.75, 3.05) is 0 Å². The van der Waals surface area contributed by atoms with Crippen LogP contribution in [0.5, 0.6) is 5.75 Å². The lowest BCUT2D eigenvalue weighted by molar-refractivity contribution is 0.0681. The van der Waals surface area contributed by atoms with Gasteiger partial charge in [0.25, 0.3) is 0 Å². The van der Waals surface area contributed by atoms with Gasteiger partial charge in [-0.1, -0.05) is 39.7 Å². The molecular formula is C14H8BrClO4. The van der Waals surface area contributed by atoms with Crippen molar-refractivity contribution < 1.29 is 19.4 Å². The van der Waals surface area contributed by atoms with Gasteiger partial charge in [0.05, 0.1) is 10.6 Å². The molecule has 0 bridgehead atoms. The quantitative estimate of drug-likeness (QED) is 0.667. The summed E-state index contributed by atoms with van der Waals surface area (Å²) in [5.74, 6) is -1.93. The number of esters is 1. The predicted molar refractivity (Wildman–Crippen MR) is 77.5 cm³/mol. The van der Waals surface area contributed by atoms with Gasteiger partial charge in [0.1, 0.15) is 11.3 Å². The highest BCUT2D eigenvalue weighted by molar-refractivity contribution is 9.10. The molecule has 0 aliphatic carbocycles.